The van der Waals surface area contributed by atoms with Crippen LogP contribution in [0.1, 0.15) is 0 Å². The SMILES string of the molecule is C=NC.CN(C)C. The summed E-state index contributed by atoms with van der Waals surface area (Å²) >= 11 is 0. The summed E-state index contributed by atoms with van der Waals surface area (Å²) in [6.45, 7) is 3.11. The first-order valence-corrected chi connectivity index (χ1v) is 2.11. The number of hydrogen-bond acceptors (Lipinski definition) is 2. The van der Waals surface area contributed by atoms with Gasteiger partial charge < -0.3 is 9.89 Å². The zero-order chi connectivity index (χ0) is 6.28. The van der Waals surface area contributed by atoms with Gasteiger partial charge in [0.2, 0.25) is 0 Å². The molecule has 0 aliphatic carbocycles. The molecule has 0 atom stereocenters. The molecule has 0 aliphatic rings. The first-order valence-electron chi connectivity index (χ1n) is 2.11. The highest BCUT2D eigenvalue weighted by atomic mass is 15.0. The van der Waals surface area contributed by atoms with Crippen LogP contribution < -0.4 is 0 Å². The molecule has 0 unspecified atom stereocenters. The Morgan fingerprint density at radius 1 is 1.29 bits per heavy atom. The Labute approximate surface area is 45.9 Å². The predicted octanol–water partition coefficient (Wildman–Crippen LogP) is 0.495. The summed E-state index contributed by atoms with van der Waals surface area (Å²) in [5, 5.41) is 0. The molecule has 0 aromatic heterocycles. The highest BCUT2D eigenvalue weighted by Crippen LogP contribution is 1.47. The van der Waals surface area contributed by atoms with Crippen molar-refractivity contribution < 1.29 is 0 Å². The molecular formula is C5H14N2. The molecule has 0 bridgehead atoms. The van der Waals surface area contributed by atoms with Gasteiger partial charge in [-0.25, -0.2) is 0 Å². The molecule has 44 valence electrons. The zero-order valence-electron chi connectivity index (χ0n) is 5.60. The largest absolute Gasteiger partial charge is 0.312 e. The Kier molecular flexibility index (Phi) is 12.8. The van der Waals surface area contributed by atoms with Crippen molar-refractivity contribution in [1.82, 2.24) is 4.90 Å². The molecule has 0 radical (unpaired) electrons. The van der Waals surface area contributed by atoms with Crippen molar-refractivity contribution >= 4 is 6.72 Å². The monoisotopic (exact) mass is 102 g/mol. The maximum absolute atomic E-state index is 3.25. The van der Waals surface area contributed by atoms with Crippen molar-refractivity contribution in [2.24, 2.45) is 4.99 Å². The van der Waals surface area contributed by atoms with Crippen LogP contribution in [-0.4, -0.2) is 39.8 Å². The average Bonchev–Trinajstić information content (AvgIpc) is 1.33. The van der Waals surface area contributed by atoms with Gasteiger partial charge in [-0.2, -0.15) is 0 Å². The Morgan fingerprint density at radius 3 is 1.29 bits per heavy atom. The summed E-state index contributed by atoms with van der Waals surface area (Å²) < 4.78 is 0. The van der Waals surface area contributed by atoms with E-state index in [1.807, 2.05) is 26.0 Å². The van der Waals surface area contributed by atoms with Crippen LogP contribution in [-0.2, 0) is 0 Å². The number of aliphatic imine (C=N–C) groups is 1. The fourth-order valence-electron chi connectivity index (χ4n) is 0. The molecule has 0 N–H and O–H groups in total. The third-order valence-corrected chi connectivity index (χ3v) is 0. The summed E-state index contributed by atoms with van der Waals surface area (Å²) in [6.07, 6.45) is 0. The van der Waals surface area contributed by atoms with Gasteiger partial charge in [0, 0.05) is 7.05 Å². The Bertz CT molecular complexity index is 30.3. The molecule has 2 nitrogen and oxygen atoms in total. The van der Waals surface area contributed by atoms with Crippen LogP contribution in [0.15, 0.2) is 4.99 Å². The van der Waals surface area contributed by atoms with E-state index >= 15 is 0 Å². The standard InChI is InChI=1S/C3H9N.C2H5N/c1-4(2)3;1-3-2/h1-3H3;1H2,2H3. The van der Waals surface area contributed by atoms with Crippen molar-refractivity contribution in [2.75, 3.05) is 28.2 Å². The van der Waals surface area contributed by atoms with Gasteiger partial charge in [-0.15, -0.1) is 0 Å². The van der Waals surface area contributed by atoms with Gasteiger partial charge in [-0.3, -0.25) is 0 Å². The van der Waals surface area contributed by atoms with E-state index < -0.39 is 0 Å². The minimum absolute atomic E-state index is 1.64. The normalized spacial score (nSPS) is 7.00. The van der Waals surface area contributed by atoms with Gasteiger partial charge in [0.25, 0.3) is 0 Å². The Morgan fingerprint density at radius 2 is 1.29 bits per heavy atom. The van der Waals surface area contributed by atoms with Gasteiger partial charge in [0.05, 0.1) is 0 Å². The molecule has 0 heterocycles. The van der Waals surface area contributed by atoms with Gasteiger partial charge in [-0.1, -0.05) is 0 Å². The van der Waals surface area contributed by atoms with E-state index in [9.17, 15) is 0 Å². The minimum Gasteiger partial charge on any atom is -0.312 e. The third kappa shape index (κ3) is 542. The van der Waals surface area contributed by atoms with Crippen LogP contribution in [0.25, 0.3) is 0 Å². The van der Waals surface area contributed by atoms with Crippen molar-refractivity contribution in [3.05, 3.63) is 0 Å². The lowest BCUT2D eigenvalue weighted by atomic mass is 11.0. The number of rotatable bonds is 0. The van der Waals surface area contributed by atoms with Gasteiger partial charge in [0.1, 0.15) is 0 Å². The smallest absolute Gasteiger partial charge is 0.0269 e. The molecule has 0 amide bonds. The number of nitrogens with zero attached hydrogens (tertiary/aromatic N) is 2. The van der Waals surface area contributed by atoms with E-state index in [-0.39, 0.29) is 0 Å². The summed E-state index contributed by atoms with van der Waals surface area (Å²) in [6, 6.07) is 0. The third-order valence-electron chi connectivity index (χ3n) is 0. The van der Waals surface area contributed by atoms with Crippen molar-refractivity contribution in [1.29, 1.82) is 0 Å². The fraction of sp³-hybridized carbons (Fsp3) is 0.800. The van der Waals surface area contributed by atoms with Crippen molar-refractivity contribution in [3.8, 4) is 0 Å². The van der Waals surface area contributed by atoms with Crippen LogP contribution in [0, 0.1) is 0 Å². The maximum Gasteiger partial charge on any atom is 0.0269 e. The Balaban J connectivity index is 0. The van der Waals surface area contributed by atoms with Crippen LogP contribution in [0.2, 0.25) is 0 Å². The molecule has 0 fully saturated rings. The van der Waals surface area contributed by atoms with Crippen LogP contribution >= 0.6 is 0 Å². The second-order valence-corrected chi connectivity index (χ2v) is 1.66. The first kappa shape index (κ1) is 9.80. The lowest BCUT2D eigenvalue weighted by molar-refractivity contribution is 0.505. The molecule has 2 heteroatoms. The average molecular weight is 102 g/mol. The Hall–Kier alpha value is -0.370. The van der Waals surface area contributed by atoms with Crippen LogP contribution in [0.4, 0.5) is 0 Å². The summed E-state index contributed by atoms with van der Waals surface area (Å²) in [7, 11) is 7.64. The summed E-state index contributed by atoms with van der Waals surface area (Å²) in [5.41, 5.74) is 0. The lowest BCUT2D eigenvalue weighted by Crippen LogP contribution is -1.99. The molecule has 0 saturated carbocycles. The molecule has 0 aliphatic heterocycles. The van der Waals surface area contributed by atoms with Crippen molar-refractivity contribution in [2.45, 2.75) is 0 Å². The van der Waals surface area contributed by atoms with E-state index in [1.165, 1.54) is 0 Å². The van der Waals surface area contributed by atoms with Crippen molar-refractivity contribution in [3.63, 3.8) is 0 Å². The highest BCUT2D eigenvalue weighted by molar-refractivity contribution is 5.22. The summed E-state index contributed by atoms with van der Waals surface area (Å²) in [4.78, 5) is 5.25. The fourth-order valence-corrected chi connectivity index (χ4v) is 0. The quantitative estimate of drug-likeness (QED) is 0.406. The van der Waals surface area contributed by atoms with Crippen LogP contribution in [0.5, 0.6) is 0 Å². The second kappa shape index (κ2) is 9.16. The number of hydrogen-bond donors (Lipinski definition) is 0. The van der Waals surface area contributed by atoms with Crippen LogP contribution in [0.3, 0.4) is 0 Å². The first-order chi connectivity index (χ1) is 3.15. The summed E-state index contributed by atoms with van der Waals surface area (Å²) in [5.74, 6) is 0. The molecule has 0 saturated heterocycles. The maximum atomic E-state index is 3.25. The molecule has 0 aromatic carbocycles. The van der Waals surface area contributed by atoms with E-state index in [2.05, 4.69) is 11.7 Å². The molecule has 0 rings (SSSR count). The molecule has 0 spiro atoms. The lowest BCUT2D eigenvalue weighted by Gasteiger charge is -1.90. The topological polar surface area (TPSA) is 15.6 Å². The molecule has 0 aromatic rings. The van der Waals surface area contributed by atoms with E-state index in [0.717, 1.165) is 0 Å². The second-order valence-electron chi connectivity index (χ2n) is 1.66. The zero-order valence-corrected chi connectivity index (χ0v) is 5.60. The molecule has 7 heavy (non-hydrogen) atoms. The van der Waals surface area contributed by atoms with E-state index in [0.29, 0.717) is 0 Å². The van der Waals surface area contributed by atoms with Gasteiger partial charge in [-0.05, 0) is 27.9 Å². The van der Waals surface area contributed by atoms with E-state index in [1.54, 1.807) is 7.05 Å². The van der Waals surface area contributed by atoms with Gasteiger partial charge >= 0.3 is 0 Å². The molecular weight excluding hydrogens is 88.1 g/mol. The predicted molar refractivity (Wildman–Crippen MR) is 35.1 cm³/mol. The van der Waals surface area contributed by atoms with E-state index in [4.69, 9.17) is 0 Å². The van der Waals surface area contributed by atoms with Gasteiger partial charge in [0.15, 0.2) is 0 Å². The minimum atomic E-state index is 1.64. The highest BCUT2D eigenvalue weighted by Gasteiger charge is 1.58.